The van der Waals surface area contributed by atoms with E-state index in [1.807, 2.05) is 0 Å². The molecule has 1 unspecified atom stereocenters. The largest absolute Gasteiger partial charge is 0.310 e. The van der Waals surface area contributed by atoms with Gasteiger partial charge in [0.15, 0.2) is 0 Å². The molecule has 2 heteroatoms. The van der Waals surface area contributed by atoms with E-state index in [4.69, 9.17) is 0 Å². The van der Waals surface area contributed by atoms with Crippen molar-refractivity contribution < 1.29 is 0 Å². The first-order valence-corrected chi connectivity index (χ1v) is 22.0. The lowest BCUT2D eigenvalue weighted by atomic mass is 9.74. The Morgan fingerprint density at radius 3 is 1.46 bits per heavy atom. The monoisotopic (exact) mass is 707 g/mol. The van der Waals surface area contributed by atoms with Crippen molar-refractivity contribution in [3.63, 3.8) is 0 Å². The minimum absolute atomic E-state index is 0.323. The summed E-state index contributed by atoms with van der Waals surface area (Å²) in [4.78, 5) is 2.42. The van der Waals surface area contributed by atoms with E-state index in [1.54, 1.807) is 10.4 Å². The number of rotatable bonds is 6. The Hall–Kier alpha value is -6.22. The maximum Gasteiger partial charge on any atom is 0.113 e. The first-order valence-electron chi connectivity index (χ1n) is 19.0. The van der Waals surface area contributed by atoms with Crippen LogP contribution >= 0.6 is 0 Å². The molecule has 1 heterocycles. The van der Waals surface area contributed by atoms with Crippen molar-refractivity contribution in [1.82, 2.24) is 0 Å². The van der Waals surface area contributed by atoms with Gasteiger partial charge in [-0.3, -0.25) is 0 Å². The quantitative estimate of drug-likeness (QED) is 0.156. The number of fused-ring (bicyclic) bond motifs is 6. The molecule has 0 radical (unpaired) electrons. The molecular weight excluding hydrogens is 667 g/mol. The van der Waals surface area contributed by atoms with E-state index in [9.17, 15) is 0 Å². The number of hydrogen-bond donors (Lipinski definition) is 0. The van der Waals surface area contributed by atoms with Crippen LogP contribution in [0.2, 0.25) is 13.1 Å². The van der Waals surface area contributed by atoms with E-state index in [0.717, 1.165) is 17.1 Å². The minimum atomic E-state index is -1.86. The fraction of sp³-hybridized carbons (Fsp3) is 0.0769. The van der Waals surface area contributed by atoms with Crippen LogP contribution in [0, 0.1) is 0 Å². The Balaban J connectivity index is 1.13. The fourth-order valence-electron chi connectivity index (χ4n) is 9.26. The highest BCUT2D eigenvalue weighted by atomic mass is 28.3. The fourth-order valence-corrected chi connectivity index (χ4v) is 12.4. The van der Waals surface area contributed by atoms with Gasteiger partial charge in [-0.25, -0.2) is 0 Å². The van der Waals surface area contributed by atoms with Crippen LogP contribution in [-0.2, 0) is 5.41 Å². The molecule has 10 rings (SSSR count). The first-order chi connectivity index (χ1) is 26.4. The number of hydrogen-bond acceptors (Lipinski definition) is 1. The summed E-state index contributed by atoms with van der Waals surface area (Å²) in [7, 11) is -1.86. The highest BCUT2D eigenvalue weighted by molar-refractivity contribution is 7.03. The maximum atomic E-state index is 2.57. The molecular formula is C52H41NSi. The molecule has 54 heavy (non-hydrogen) atoms. The van der Waals surface area contributed by atoms with Crippen LogP contribution in [0.3, 0.4) is 0 Å². The van der Waals surface area contributed by atoms with Crippen molar-refractivity contribution in [2.75, 3.05) is 4.90 Å². The van der Waals surface area contributed by atoms with E-state index < -0.39 is 8.07 Å². The van der Waals surface area contributed by atoms with Gasteiger partial charge < -0.3 is 4.90 Å². The zero-order chi connectivity index (χ0) is 36.4. The smallest absolute Gasteiger partial charge is 0.113 e. The van der Waals surface area contributed by atoms with Crippen LogP contribution in [-0.4, -0.2) is 8.07 Å². The Morgan fingerprint density at radius 2 is 0.833 bits per heavy atom. The molecule has 1 aliphatic heterocycles. The zero-order valence-corrected chi connectivity index (χ0v) is 31.9. The summed E-state index contributed by atoms with van der Waals surface area (Å²) in [5, 5.41) is 3.09. The summed E-state index contributed by atoms with van der Waals surface area (Å²) in [6, 6.07) is 72.0. The number of nitrogens with zero attached hydrogens (tertiary/aromatic N) is 1. The lowest BCUT2D eigenvalue weighted by Gasteiger charge is -2.32. The van der Waals surface area contributed by atoms with Crippen LogP contribution in [0.25, 0.3) is 44.5 Å². The Bertz CT molecular complexity index is 2590. The van der Waals surface area contributed by atoms with E-state index in [-0.39, 0.29) is 5.41 Å². The lowest BCUT2D eigenvalue weighted by Crippen LogP contribution is -2.49. The van der Waals surface area contributed by atoms with Gasteiger partial charge >= 0.3 is 0 Å². The predicted molar refractivity (Wildman–Crippen MR) is 232 cm³/mol. The Kier molecular flexibility index (Phi) is 7.47. The van der Waals surface area contributed by atoms with E-state index in [2.05, 4.69) is 219 Å². The SMILES string of the molecule is CC1(c2ccc3c(c2)[Si](C)(C)c2ccccc2-3)c2ccccc2-c2ccc(N(c3ccc(-c4ccccc4)cc3)c3ccc(-c4ccccc4)cc3)cc21. The second-order valence-corrected chi connectivity index (χ2v) is 19.8. The van der Waals surface area contributed by atoms with E-state index in [1.165, 1.54) is 61.2 Å². The molecule has 8 aromatic rings. The van der Waals surface area contributed by atoms with Gasteiger partial charge in [0.25, 0.3) is 0 Å². The standard InChI is InChI=1S/C52H41NSi/c1-52(40-26-32-47-46-19-11-13-21-50(46)54(2,3)51(47)34-40)48-20-12-10-18-44(48)45-33-31-43(35-49(45)52)53(41-27-22-38(23-28-41)36-14-6-4-7-15-36)42-29-24-39(25-30-42)37-16-8-5-9-17-37/h4-35H,1-3H3. The van der Waals surface area contributed by atoms with Crippen molar-refractivity contribution in [1.29, 1.82) is 0 Å². The highest BCUT2D eigenvalue weighted by Gasteiger charge is 2.44. The predicted octanol–water partition coefficient (Wildman–Crippen LogP) is 12.6. The summed E-state index contributed by atoms with van der Waals surface area (Å²) < 4.78 is 0. The Labute approximate surface area is 319 Å². The van der Waals surface area contributed by atoms with Crippen LogP contribution in [0.5, 0.6) is 0 Å². The third-order valence-electron chi connectivity index (χ3n) is 12.2. The second kappa shape index (κ2) is 12.4. The van der Waals surface area contributed by atoms with E-state index in [0.29, 0.717) is 0 Å². The molecule has 0 bridgehead atoms. The molecule has 8 aromatic carbocycles. The molecule has 0 amide bonds. The normalized spacial score (nSPS) is 15.9. The topological polar surface area (TPSA) is 3.24 Å². The van der Waals surface area contributed by atoms with Crippen molar-refractivity contribution in [3.8, 4) is 44.5 Å². The number of anilines is 3. The molecule has 1 atom stereocenters. The molecule has 0 saturated carbocycles. The highest BCUT2D eigenvalue weighted by Crippen LogP contribution is 2.54. The molecule has 0 saturated heterocycles. The number of benzene rings is 8. The average molecular weight is 708 g/mol. The molecule has 1 nitrogen and oxygen atoms in total. The van der Waals surface area contributed by atoms with Gasteiger partial charge in [0, 0.05) is 22.5 Å². The first kappa shape index (κ1) is 32.4. The van der Waals surface area contributed by atoms with Crippen LogP contribution in [0.1, 0.15) is 23.6 Å². The van der Waals surface area contributed by atoms with Crippen LogP contribution < -0.4 is 15.3 Å². The summed E-state index contributed by atoms with van der Waals surface area (Å²) in [6.45, 7) is 7.48. The third kappa shape index (κ3) is 4.98. The zero-order valence-electron chi connectivity index (χ0n) is 30.9. The van der Waals surface area contributed by atoms with Gasteiger partial charge in [0.05, 0.1) is 0 Å². The lowest BCUT2D eigenvalue weighted by molar-refractivity contribution is 0.714. The van der Waals surface area contributed by atoms with Gasteiger partial charge in [-0.1, -0.05) is 171 Å². The summed E-state index contributed by atoms with van der Waals surface area (Å²) in [6.07, 6.45) is 0. The van der Waals surface area contributed by atoms with Gasteiger partial charge in [0.2, 0.25) is 0 Å². The van der Waals surface area contributed by atoms with Gasteiger partial charge in [0.1, 0.15) is 8.07 Å². The Morgan fingerprint density at radius 1 is 0.370 bits per heavy atom. The molecule has 0 N–H and O–H groups in total. The average Bonchev–Trinajstić information content (AvgIpc) is 3.63. The third-order valence-corrected chi connectivity index (χ3v) is 15.7. The van der Waals surface area contributed by atoms with E-state index >= 15 is 0 Å². The van der Waals surface area contributed by atoms with Gasteiger partial charge in [-0.2, -0.15) is 0 Å². The van der Waals surface area contributed by atoms with Crippen molar-refractivity contribution >= 4 is 35.5 Å². The summed E-state index contributed by atoms with van der Waals surface area (Å²) >= 11 is 0. The molecule has 0 aromatic heterocycles. The summed E-state index contributed by atoms with van der Waals surface area (Å²) in [5.41, 5.74) is 17.5. The molecule has 258 valence electrons. The molecule has 0 fully saturated rings. The van der Waals surface area contributed by atoms with Crippen molar-refractivity contribution in [2.45, 2.75) is 25.4 Å². The van der Waals surface area contributed by atoms with Crippen molar-refractivity contribution in [3.05, 3.63) is 211 Å². The maximum absolute atomic E-state index is 2.57. The summed E-state index contributed by atoms with van der Waals surface area (Å²) in [5.74, 6) is 0. The second-order valence-electron chi connectivity index (χ2n) is 15.5. The van der Waals surface area contributed by atoms with Crippen LogP contribution in [0.4, 0.5) is 17.1 Å². The molecule has 1 aliphatic carbocycles. The van der Waals surface area contributed by atoms with Gasteiger partial charge in [-0.05, 0) is 115 Å². The van der Waals surface area contributed by atoms with Crippen molar-refractivity contribution in [2.24, 2.45) is 0 Å². The molecule has 2 aliphatic rings. The minimum Gasteiger partial charge on any atom is -0.310 e. The van der Waals surface area contributed by atoms with Gasteiger partial charge in [-0.15, -0.1) is 0 Å². The van der Waals surface area contributed by atoms with Crippen LogP contribution in [0.15, 0.2) is 194 Å². The molecule has 0 spiro atoms.